The van der Waals surface area contributed by atoms with E-state index in [9.17, 15) is 4.79 Å². The summed E-state index contributed by atoms with van der Waals surface area (Å²) in [4.78, 5) is 12.9. The lowest BCUT2D eigenvalue weighted by Gasteiger charge is -2.13. The largest absolute Gasteiger partial charge is 0.396 e. The smallest absolute Gasteiger partial charge is 0.237 e. The van der Waals surface area contributed by atoms with Gasteiger partial charge in [-0.3, -0.25) is 4.79 Å². The van der Waals surface area contributed by atoms with Crippen LogP contribution in [0.5, 0.6) is 0 Å². The number of halogens is 1. The van der Waals surface area contributed by atoms with Crippen molar-refractivity contribution in [3.8, 4) is 0 Å². The highest BCUT2D eigenvalue weighted by Gasteiger charge is 2.31. The number of alkyl halides is 1. The Morgan fingerprint density at radius 2 is 2.33 bits per heavy atom. The lowest BCUT2D eigenvalue weighted by molar-refractivity contribution is -0.127. The zero-order valence-corrected chi connectivity index (χ0v) is 7.92. The molecule has 12 heavy (non-hydrogen) atoms. The number of amides is 1. The minimum absolute atomic E-state index is 0.0283. The summed E-state index contributed by atoms with van der Waals surface area (Å²) >= 11 is 5.42. The summed E-state index contributed by atoms with van der Waals surface area (Å²) in [5, 5.41) is 8.94. The quantitative estimate of drug-likeness (QED) is 0.639. The SMILES string of the molecule is C[C@H]1CN(C(=O)CCl)C[C@@H]1CO. The van der Waals surface area contributed by atoms with Crippen LogP contribution < -0.4 is 0 Å². The lowest BCUT2D eigenvalue weighted by Crippen LogP contribution is -2.30. The molecule has 0 saturated carbocycles. The predicted octanol–water partition coefficient (Wildman–Crippen LogP) is 0.312. The molecule has 0 bridgehead atoms. The molecule has 1 rings (SSSR count). The molecule has 70 valence electrons. The number of aliphatic hydroxyl groups is 1. The Hall–Kier alpha value is -0.280. The van der Waals surface area contributed by atoms with Crippen LogP contribution in [0.25, 0.3) is 0 Å². The predicted molar refractivity (Wildman–Crippen MR) is 47.0 cm³/mol. The van der Waals surface area contributed by atoms with E-state index in [1.807, 2.05) is 6.92 Å². The Morgan fingerprint density at radius 3 is 2.75 bits per heavy atom. The number of hydrogen-bond acceptors (Lipinski definition) is 2. The van der Waals surface area contributed by atoms with E-state index < -0.39 is 0 Å². The molecule has 1 aliphatic heterocycles. The molecule has 0 spiro atoms. The van der Waals surface area contributed by atoms with Crippen LogP contribution >= 0.6 is 11.6 Å². The van der Waals surface area contributed by atoms with E-state index in [0.717, 1.165) is 6.54 Å². The molecular formula is C8H14ClNO2. The van der Waals surface area contributed by atoms with Crippen molar-refractivity contribution in [3.63, 3.8) is 0 Å². The first-order valence-corrected chi connectivity index (χ1v) is 4.67. The zero-order chi connectivity index (χ0) is 9.14. The molecule has 1 saturated heterocycles. The van der Waals surface area contributed by atoms with Crippen molar-refractivity contribution in [2.24, 2.45) is 11.8 Å². The normalized spacial score (nSPS) is 29.4. The minimum Gasteiger partial charge on any atom is -0.396 e. The second kappa shape index (κ2) is 4.10. The highest BCUT2D eigenvalue weighted by atomic mass is 35.5. The maximum atomic E-state index is 11.1. The molecule has 3 nitrogen and oxygen atoms in total. The van der Waals surface area contributed by atoms with Crippen LogP contribution in [0.15, 0.2) is 0 Å². The van der Waals surface area contributed by atoms with E-state index in [1.54, 1.807) is 4.90 Å². The van der Waals surface area contributed by atoms with Gasteiger partial charge in [0.1, 0.15) is 5.88 Å². The van der Waals surface area contributed by atoms with E-state index in [-0.39, 0.29) is 24.3 Å². The fourth-order valence-corrected chi connectivity index (χ4v) is 1.73. The van der Waals surface area contributed by atoms with Crippen LogP contribution in [0.3, 0.4) is 0 Å². The van der Waals surface area contributed by atoms with Crippen LogP contribution in [0, 0.1) is 11.8 Å². The summed E-state index contributed by atoms with van der Waals surface area (Å²) < 4.78 is 0. The molecule has 1 amide bonds. The molecule has 4 heteroatoms. The summed E-state index contributed by atoms with van der Waals surface area (Å²) in [7, 11) is 0. The monoisotopic (exact) mass is 191 g/mol. The maximum Gasteiger partial charge on any atom is 0.237 e. The molecule has 1 fully saturated rings. The van der Waals surface area contributed by atoms with Crippen molar-refractivity contribution in [3.05, 3.63) is 0 Å². The summed E-state index contributed by atoms with van der Waals surface area (Å²) in [6, 6.07) is 0. The van der Waals surface area contributed by atoms with Crippen molar-refractivity contribution < 1.29 is 9.90 Å². The first-order chi connectivity index (χ1) is 5.69. The first-order valence-electron chi connectivity index (χ1n) is 4.13. The molecule has 0 unspecified atom stereocenters. The molecule has 0 aromatic heterocycles. The fourth-order valence-electron chi connectivity index (χ4n) is 1.56. The van der Waals surface area contributed by atoms with Gasteiger partial charge >= 0.3 is 0 Å². The van der Waals surface area contributed by atoms with E-state index >= 15 is 0 Å². The average Bonchev–Trinajstić information content (AvgIpc) is 2.45. The average molecular weight is 192 g/mol. The van der Waals surface area contributed by atoms with Gasteiger partial charge in [0, 0.05) is 25.6 Å². The van der Waals surface area contributed by atoms with Gasteiger partial charge in [-0.15, -0.1) is 11.6 Å². The molecule has 1 heterocycles. The van der Waals surface area contributed by atoms with Gasteiger partial charge in [-0.2, -0.15) is 0 Å². The molecule has 0 aromatic rings. The van der Waals surface area contributed by atoms with Crippen molar-refractivity contribution in [1.82, 2.24) is 4.90 Å². The van der Waals surface area contributed by atoms with Gasteiger partial charge in [0.05, 0.1) is 0 Å². The second-order valence-corrected chi connectivity index (χ2v) is 3.62. The Bertz CT molecular complexity index is 174. The summed E-state index contributed by atoms with van der Waals surface area (Å²) in [6.07, 6.45) is 0. The Balaban J connectivity index is 2.48. The minimum atomic E-state index is -0.0283. The van der Waals surface area contributed by atoms with Crippen LogP contribution in [0.1, 0.15) is 6.92 Å². The molecule has 2 atom stereocenters. The number of carbonyl (C=O) groups is 1. The van der Waals surface area contributed by atoms with Gasteiger partial charge in [-0.25, -0.2) is 0 Å². The standard InChI is InChI=1S/C8H14ClNO2/c1-6-3-10(8(12)2-9)4-7(6)5-11/h6-7,11H,2-5H2,1H3/t6-,7+/m0/s1. The third-order valence-electron chi connectivity index (χ3n) is 2.47. The number of aliphatic hydroxyl groups excluding tert-OH is 1. The van der Waals surface area contributed by atoms with E-state index in [2.05, 4.69) is 0 Å². The zero-order valence-electron chi connectivity index (χ0n) is 7.16. The van der Waals surface area contributed by atoms with Crippen molar-refractivity contribution in [1.29, 1.82) is 0 Å². The number of nitrogens with zero attached hydrogens (tertiary/aromatic N) is 1. The Kier molecular flexibility index (Phi) is 3.35. The first kappa shape index (κ1) is 9.81. The molecule has 0 aliphatic carbocycles. The maximum absolute atomic E-state index is 11.1. The van der Waals surface area contributed by atoms with Gasteiger partial charge < -0.3 is 10.0 Å². The molecule has 0 radical (unpaired) electrons. The fraction of sp³-hybridized carbons (Fsp3) is 0.875. The Labute approximate surface area is 77.3 Å². The molecule has 1 N–H and O–H groups in total. The van der Waals surface area contributed by atoms with Gasteiger partial charge in [0.2, 0.25) is 5.91 Å². The van der Waals surface area contributed by atoms with E-state index in [0.29, 0.717) is 12.5 Å². The van der Waals surface area contributed by atoms with Crippen LogP contribution in [-0.2, 0) is 4.79 Å². The number of likely N-dealkylation sites (tertiary alicyclic amines) is 1. The highest BCUT2D eigenvalue weighted by Crippen LogP contribution is 2.22. The van der Waals surface area contributed by atoms with Gasteiger partial charge in [-0.1, -0.05) is 6.92 Å². The van der Waals surface area contributed by atoms with Gasteiger partial charge in [0.15, 0.2) is 0 Å². The topological polar surface area (TPSA) is 40.5 Å². The van der Waals surface area contributed by atoms with Crippen LogP contribution in [0.2, 0.25) is 0 Å². The van der Waals surface area contributed by atoms with Crippen molar-refractivity contribution in [2.75, 3.05) is 25.6 Å². The van der Waals surface area contributed by atoms with Crippen LogP contribution in [-0.4, -0.2) is 41.5 Å². The summed E-state index contributed by atoms with van der Waals surface area (Å²) in [5.74, 6) is 0.643. The van der Waals surface area contributed by atoms with Gasteiger partial charge in [-0.05, 0) is 5.92 Å². The summed E-state index contributed by atoms with van der Waals surface area (Å²) in [5.41, 5.74) is 0. The number of hydrogen-bond donors (Lipinski definition) is 1. The van der Waals surface area contributed by atoms with Crippen LogP contribution in [0.4, 0.5) is 0 Å². The second-order valence-electron chi connectivity index (χ2n) is 3.35. The van der Waals surface area contributed by atoms with E-state index in [4.69, 9.17) is 16.7 Å². The molecule has 0 aromatic carbocycles. The number of rotatable bonds is 2. The van der Waals surface area contributed by atoms with Gasteiger partial charge in [0.25, 0.3) is 0 Å². The Morgan fingerprint density at radius 1 is 1.67 bits per heavy atom. The third kappa shape index (κ3) is 1.90. The number of carbonyl (C=O) groups excluding carboxylic acids is 1. The third-order valence-corrected chi connectivity index (χ3v) is 2.70. The summed E-state index contributed by atoms with van der Waals surface area (Å²) in [6.45, 7) is 3.59. The molecular weight excluding hydrogens is 178 g/mol. The van der Waals surface area contributed by atoms with E-state index in [1.165, 1.54) is 0 Å². The molecule has 1 aliphatic rings. The van der Waals surface area contributed by atoms with Crippen molar-refractivity contribution in [2.45, 2.75) is 6.92 Å². The van der Waals surface area contributed by atoms with Crippen molar-refractivity contribution >= 4 is 17.5 Å². The lowest BCUT2D eigenvalue weighted by atomic mass is 10.00. The highest BCUT2D eigenvalue weighted by molar-refractivity contribution is 6.27.